The summed E-state index contributed by atoms with van der Waals surface area (Å²) in [6.45, 7) is 4.56. The molecule has 6 rings (SSSR count). The number of carbonyl (C=O) groups is 2. The number of β-amino-alcohol motifs (C(OH)–C–C–N with tert-alkyl or cyclic N) is 1. The minimum absolute atomic E-state index is 0.102. The van der Waals surface area contributed by atoms with E-state index in [1.165, 1.54) is 0 Å². The van der Waals surface area contributed by atoms with Crippen molar-refractivity contribution in [1.82, 2.24) is 19.8 Å². The van der Waals surface area contributed by atoms with E-state index < -0.39 is 5.60 Å². The molecule has 2 fully saturated rings. The highest BCUT2D eigenvalue weighted by atomic mass is 16.5. The number of fused-ring (bicyclic) bond motifs is 2. The molecule has 1 aliphatic heterocycles. The predicted molar refractivity (Wildman–Crippen MR) is 133 cm³/mol. The second kappa shape index (κ2) is 8.09. The first-order valence-corrected chi connectivity index (χ1v) is 12.2. The molecule has 2 amide bonds. The number of nitrogens with zero attached hydrogens (tertiary/aromatic N) is 3. The molecular formula is C27H28N4O5. The van der Waals surface area contributed by atoms with Crippen LogP contribution in [0.1, 0.15) is 51.3 Å². The highest BCUT2D eigenvalue weighted by molar-refractivity contribution is 6.07. The second-order valence-corrected chi connectivity index (χ2v) is 9.88. The Labute approximate surface area is 207 Å². The van der Waals surface area contributed by atoms with Gasteiger partial charge in [-0.25, -0.2) is 4.52 Å². The summed E-state index contributed by atoms with van der Waals surface area (Å²) >= 11 is 0. The number of nitrogens with one attached hydrogen (secondary N) is 1. The maximum absolute atomic E-state index is 13.4. The van der Waals surface area contributed by atoms with Gasteiger partial charge in [-0.15, -0.1) is 0 Å². The first kappa shape index (κ1) is 22.6. The number of benzene rings is 1. The van der Waals surface area contributed by atoms with Gasteiger partial charge < -0.3 is 24.5 Å². The van der Waals surface area contributed by atoms with Gasteiger partial charge >= 0.3 is 0 Å². The zero-order valence-corrected chi connectivity index (χ0v) is 20.5. The van der Waals surface area contributed by atoms with Crippen LogP contribution in [0.3, 0.4) is 0 Å². The SMILES string of the molecule is CNC(=O)c1c(C)oc2cc(Oc3ccnn4cc(C(=O)N5CCC(O)(C6CC6)C5)c(C)c34)ccc12. The minimum atomic E-state index is -0.754. The lowest BCUT2D eigenvalue weighted by atomic mass is 9.97. The number of furan rings is 1. The number of likely N-dealkylation sites (tertiary alicyclic amines) is 1. The molecule has 0 spiro atoms. The van der Waals surface area contributed by atoms with Crippen molar-refractivity contribution >= 4 is 28.3 Å². The second-order valence-electron chi connectivity index (χ2n) is 9.88. The van der Waals surface area contributed by atoms with Gasteiger partial charge in [-0.3, -0.25) is 9.59 Å². The highest BCUT2D eigenvalue weighted by Gasteiger charge is 2.49. The van der Waals surface area contributed by atoms with Crippen LogP contribution >= 0.6 is 0 Å². The van der Waals surface area contributed by atoms with Crippen molar-refractivity contribution in [3.63, 3.8) is 0 Å². The van der Waals surface area contributed by atoms with Crippen LogP contribution in [0.2, 0.25) is 0 Å². The third kappa shape index (κ3) is 3.53. The van der Waals surface area contributed by atoms with Gasteiger partial charge in [0.2, 0.25) is 0 Å². The molecule has 3 aromatic heterocycles. The maximum Gasteiger partial charge on any atom is 0.255 e. The van der Waals surface area contributed by atoms with Crippen molar-refractivity contribution in [1.29, 1.82) is 0 Å². The molecular weight excluding hydrogens is 460 g/mol. The van der Waals surface area contributed by atoms with E-state index in [4.69, 9.17) is 9.15 Å². The van der Waals surface area contributed by atoms with Gasteiger partial charge in [-0.05, 0) is 56.7 Å². The largest absolute Gasteiger partial charge is 0.460 e. The summed E-state index contributed by atoms with van der Waals surface area (Å²) in [5.74, 6) is 1.63. The van der Waals surface area contributed by atoms with E-state index in [0.29, 0.717) is 70.3 Å². The van der Waals surface area contributed by atoms with E-state index in [-0.39, 0.29) is 11.8 Å². The average molecular weight is 489 g/mol. The molecule has 0 radical (unpaired) electrons. The van der Waals surface area contributed by atoms with Crippen LogP contribution in [0.4, 0.5) is 0 Å². The Bertz CT molecular complexity index is 1530. The Morgan fingerprint density at radius 1 is 1.25 bits per heavy atom. The first-order chi connectivity index (χ1) is 17.3. The van der Waals surface area contributed by atoms with Gasteiger partial charge in [0, 0.05) is 37.3 Å². The van der Waals surface area contributed by atoms with Crippen LogP contribution in [-0.2, 0) is 0 Å². The Hall–Kier alpha value is -3.85. The molecule has 4 heterocycles. The summed E-state index contributed by atoms with van der Waals surface area (Å²) in [6.07, 6.45) is 6.04. The van der Waals surface area contributed by atoms with Crippen molar-refractivity contribution in [2.75, 3.05) is 20.1 Å². The number of aryl methyl sites for hydroxylation is 2. The van der Waals surface area contributed by atoms with Gasteiger partial charge in [0.1, 0.15) is 22.6 Å². The van der Waals surface area contributed by atoms with Crippen LogP contribution in [0.25, 0.3) is 16.5 Å². The molecule has 186 valence electrons. The van der Waals surface area contributed by atoms with Crippen molar-refractivity contribution < 1.29 is 23.8 Å². The lowest BCUT2D eigenvalue weighted by molar-refractivity contribution is 0.0257. The topological polar surface area (TPSA) is 109 Å². The molecule has 2 N–H and O–H groups in total. The third-order valence-electron chi connectivity index (χ3n) is 7.54. The molecule has 36 heavy (non-hydrogen) atoms. The van der Waals surface area contributed by atoms with Crippen molar-refractivity contribution in [2.45, 2.75) is 38.7 Å². The van der Waals surface area contributed by atoms with E-state index in [1.54, 1.807) is 60.0 Å². The number of amides is 2. The van der Waals surface area contributed by atoms with Gasteiger partial charge in [0.05, 0.1) is 29.5 Å². The van der Waals surface area contributed by atoms with Gasteiger partial charge in [0.15, 0.2) is 5.75 Å². The number of carbonyl (C=O) groups excluding carboxylic acids is 2. The van der Waals surface area contributed by atoms with E-state index in [9.17, 15) is 14.7 Å². The van der Waals surface area contributed by atoms with Crippen molar-refractivity contribution in [3.8, 4) is 11.5 Å². The van der Waals surface area contributed by atoms with E-state index >= 15 is 0 Å². The number of aromatic nitrogens is 2. The van der Waals surface area contributed by atoms with E-state index in [2.05, 4.69) is 10.4 Å². The normalized spacial score (nSPS) is 19.8. The fraction of sp³-hybridized carbons (Fsp3) is 0.370. The number of rotatable bonds is 5. The molecule has 0 bridgehead atoms. The standard InChI is InChI=1S/C27H28N4O5/c1-15-20(26(33)30-11-9-27(34,14-30)17-4-5-17)13-31-24(15)21(8-10-29-31)36-18-6-7-19-22(12-18)35-16(2)23(19)25(32)28-3/h6-8,10,12-13,17,34H,4-5,9,11,14H2,1-3H3,(H,28,32). The van der Waals surface area contributed by atoms with Gasteiger partial charge in [-0.1, -0.05) is 0 Å². The Morgan fingerprint density at radius 3 is 2.81 bits per heavy atom. The van der Waals surface area contributed by atoms with Crippen LogP contribution in [0.5, 0.6) is 11.5 Å². The van der Waals surface area contributed by atoms with E-state index in [0.717, 1.165) is 18.4 Å². The lowest BCUT2D eigenvalue weighted by Gasteiger charge is -2.23. The molecule has 9 nitrogen and oxygen atoms in total. The predicted octanol–water partition coefficient (Wildman–Crippen LogP) is 3.84. The van der Waals surface area contributed by atoms with Crippen molar-refractivity contribution in [3.05, 3.63) is 59.1 Å². The van der Waals surface area contributed by atoms with Crippen molar-refractivity contribution in [2.24, 2.45) is 5.92 Å². The van der Waals surface area contributed by atoms with Crippen LogP contribution in [0, 0.1) is 19.8 Å². The summed E-state index contributed by atoms with van der Waals surface area (Å²) in [6, 6.07) is 7.09. The molecule has 1 saturated carbocycles. The summed E-state index contributed by atoms with van der Waals surface area (Å²) < 4.78 is 13.7. The first-order valence-electron chi connectivity index (χ1n) is 12.2. The summed E-state index contributed by atoms with van der Waals surface area (Å²) in [5.41, 5.74) is 2.31. The number of ether oxygens (including phenoxy) is 1. The number of hydrogen-bond donors (Lipinski definition) is 2. The Morgan fingerprint density at radius 2 is 2.06 bits per heavy atom. The van der Waals surface area contributed by atoms with Crippen LogP contribution < -0.4 is 10.1 Å². The lowest BCUT2D eigenvalue weighted by Crippen LogP contribution is -2.37. The third-order valence-corrected chi connectivity index (χ3v) is 7.54. The van der Waals surface area contributed by atoms with Gasteiger partial charge in [0.25, 0.3) is 11.8 Å². The van der Waals surface area contributed by atoms with Gasteiger partial charge in [-0.2, -0.15) is 5.10 Å². The molecule has 1 atom stereocenters. The smallest absolute Gasteiger partial charge is 0.255 e. The molecule has 1 aromatic carbocycles. The molecule has 1 aliphatic carbocycles. The number of hydrogen-bond acceptors (Lipinski definition) is 6. The summed E-state index contributed by atoms with van der Waals surface area (Å²) in [4.78, 5) is 27.4. The minimum Gasteiger partial charge on any atom is -0.460 e. The Balaban J connectivity index is 1.31. The summed E-state index contributed by atoms with van der Waals surface area (Å²) in [7, 11) is 1.59. The fourth-order valence-corrected chi connectivity index (χ4v) is 5.43. The average Bonchev–Trinajstić information content (AvgIpc) is 3.47. The van der Waals surface area contributed by atoms with Crippen LogP contribution in [0.15, 0.2) is 41.1 Å². The fourth-order valence-electron chi connectivity index (χ4n) is 5.43. The molecule has 9 heteroatoms. The van der Waals surface area contributed by atoms with E-state index in [1.807, 2.05) is 6.92 Å². The van der Waals surface area contributed by atoms with Crippen LogP contribution in [-0.4, -0.2) is 57.2 Å². The maximum atomic E-state index is 13.4. The summed E-state index contributed by atoms with van der Waals surface area (Å²) in [5, 5.41) is 18.6. The molecule has 4 aromatic rings. The molecule has 2 aliphatic rings. The monoisotopic (exact) mass is 488 g/mol. The Kier molecular flexibility index (Phi) is 5.08. The molecule has 1 unspecified atom stereocenters. The molecule has 1 saturated heterocycles. The zero-order valence-electron chi connectivity index (χ0n) is 20.5. The zero-order chi connectivity index (χ0) is 25.2. The highest BCUT2D eigenvalue weighted by Crippen LogP contribution is 2.45. The quantitative estimate of drug-likeness (QED) is 0.442. The number of aliphatic hydroxyl groups is 1.